The molecule has 1 saturated heterocycles. The third-order valence-electron chi connectivity index (χ3n) is 4.54. The van der Waals surface area contributed by atoms with Gasteiger partial charge in [-0.3, -0.25) is 10.1 Å². The number of urea groups is 1. The number of hydrogen-bond donors (Lipinski definition) is 1. The Morgan fingerprint density at radius 2 is 2.16 bits per heavy atom. The van der Waals surface area contributed by atoms with Crippen molar-refractivity contribution in [2.24, 2.45) is 11.8 Å². The largest absolute Gasteiger partial charge is 0.325 e. The van der Waals surface area contributed by atoms with Gasteiger partial charge in [0.15, 0.2) is 0 Å². The highest BCUT2D eigenvalue weighted by Crippen LogP contribution is 2.39. The lowest BCUT2D eigenvalue weighted by atomic mass is 9.75. The average Bonchev–Trinajstić information content (AvgIpc) is 2.53. The first kappa shape index (κ1) is 14.4. The minimum Gasteiger partial charge on any atom is -0.310 e. The molecule has 0 radical (unpaired) electrons. The van der Waals surface area contributed by atoms with Crippen LogP contribution in [0.4, 0.5) is 4.79 Å². The Morgan fingerprint density at radius 1 is 1.42 bits per heavy atom. The predicted molar refractivity (Wildman–Crippen MR) is 74.7 cm³/mol. The van der Waals surface area contributed by atoms with Gasteiger partial charge in [0.2, 0.25) is 0 Å². The lowest BCUT2D eigenvalue weighted by Gasteiger charge is -2.40. The summed E-state index contributed by atoms with van der Waals surface area (Å²) in [5, 5.41) is 2.53. The first-order chi connectivity index (χ1) is 8.95. The summed E-state index contributed by atoms with van der Waals surface area (Å²) in [6, 6.07) is -0.178. The Hall–Kier alpha value is -1.06. The average molecular weight is 266 g/mol. The minimum atomic E-state index is -0.536. The van der Waals surface area contributed by atoms with E-state index in [2.05, 4.69) is 26.1 Å². The maximum Gasteiger partial charge on any atom is 0.325 e. The molecule has 1 saturated carbocycles. The zero-order valence-corrected chi connectivity index (χ0v) is 12.4. The van der Waals surface area contributed by atoms with E-state index in [1.165, 1.54) is 6.42 Å². The molecule has 0 aromatic heterocycles. The van der Waals surface area contributed by atoms with Gasteiger partial charge in [-0.2, -0.15) is 0 Å². The van der Waals surface area contributed by atoms with Gasteiger partial charge in [-0.25, -0.2) is 4.79 Å². The van der Waals surface area contributed by atoms with Crippen molar-refractivity contribution >= 4 is 11.9 Å². The van der Waals surface area contributed by atoms with E-state index in [0.29, 0.717) is 18.4 Å². The normalized spacial score (nSPS) is 31.4. The molecule has 2 fully saturated rings. The summed E-state index contributed by atoms with van der Waals surface area (Å²) >= 11 is 0. The van der Waals surface area contributed by atoms with Gasteiger partial charge < -0.3 is 4.90 Å². The van der Waals surface area contributed by atoms with Gasteiger partial charge in [0.1, 0.15) is 5.54 Å². The number of imide groups is 1. The molecule has 0 bridgehead atoms. The number of carbonyl (C=O) groups is 2. The number of amides is 3. The van der Waals surface area contributed by atoms with Crippen LogP contribution in [0.2, 0.25) is 0 Å². The van der Waals surface area contributed by atoms with Crippen LogP contribution in [-0.4, -0.2) is 28.9 Å². The summed E-state index contributed by atoms with van der Waals surface area (Å²) < 4.78 is 0. The fourth-order valence-electron chi connectivity index (χ4n) is 3.55. The third kappa shape index (κ3) is 2.77. The van der Waals surface area contributed by atoms with Crippen molar-refractivity contribution in [3.8, 4) is 0 Å². The molecule has 0 aromatic carbocycles. The summed E-state index contributed by atoms with van der Waals surface area (Å²) in [6.45, 7) is 7.27. The molecule has 108 valence electrons. The molecule has 1 heterocycles. The number of nitrogens with zero attached hydrogens (tertiary/aromatic N) is 1. The van der Waals surface area contributed by atoms with Gasteiger partial charge in [0.05, 0.1) is 0 Å². The van der Waals surface area contributed by atoms with E-state index in [4.69, 9.17) is 0 Å². The van der Waals surface area contributed by atoms with Crippen molar-refractivity contribution in [1.82, 2.24) is 10.2 Å². The van der Waals surface area contributed by atoms with Crippen molar-refractivity contribution in [2.45, 2.75) is 64.8 Å². The molecule has 2 atom stereocenters. The van der Waals surface area contributed by atoms with Crippen LogP contribution in [0.3, 0.4) is 0 Å². The molecule has 0 aromatic rings. The van der Waals surface area contributed by atoms with E-state index in [0.717, 1.165) is 32.1 Å². The highest BCUT2D eigenvalue weighted by molar-refractivity contribution is 6.07. The molecule has 2 aliphatic rings. The van der Waals surface area contributed by atoms with Crippen molar-refractivity contribution in [3.63, 3.8) is 0 Å². The molecule has 1 N–H and O–H groups in total. The molecule has 2 rings (SSSR count). The Kier molecular flexibility index (Phi) is 4.16. The number of rotatable bonds is 4. The van der Waals surface area contributed by atoms with Crippen LogP contribution in [0.5, 0.6) is 0 Å². The van der Waals surface area contributed by atoms with E-state index in [1.54, 1.807) is 0 Å². The lowest BCUT2D eigenvalue weighted by Crippen LogP contribution is -2.52. The Morgan fingerprint density at radius 3 is 2.79 bits per heavy atom. The number of hydrogen-bond acceptors (Lipinski definition) is 2. The van der Waals surface area contributed by atoms with Crippen molar-refractivity contribution in [2.75, 3.05) is 6.54 Å². The molecule has 2 unspecified atom stereocenters. The molecule has 1 aliphatic carbocycles. The zero-order chi connectivity index (χ0) is 14.0. The van der Waals surface area contributed by atoms with Gasteiger partial charge in [-0.15, -0.1) is 0 Å². The van der Waals surface area contributed by atoms with Gasteiger partial charge >= 0.3 is 6.03 Å². The van der Waals surface area contributed by atoms with Crippen LogP contribution < -0.4 is 5.32 Å². The molecule has 3 amide bonds. The van der Waals surface area contributed by atoms with Crippen LogP contribution in [0.1, 0.15) is 59.3 Å². The summed E-state index contributed by atoms with van der Waals surface area (Å²) in [5.41, 5.74) is -0.536. The quantitative estimate of drug-likeness (QED) is 0.795. The van der Waals surface area contributed by atoms with Crippen molar-refractivity contribution in [3.05, 3.63) is 0 Å². The fourth-order valence-corrected chi connectivity index (χ4v) is 3.55. The Bertz CT molecular complexity index is 367. The van der Waals surface area contributed by atoms with Crippen molar-refractivity contribution in [1.29, 1.82) is 0 Å². The van der Waals surface area contributed by atoms with Crippen LogP contribution in [0.25, 0.3) is 0 Å². The monoisotopic (exact) mass is 266 g/mol. The second-order valence-electron chi connectivity index (χ2n) is 6.68. The molecule has 1 spiro atoms. The summed E-state index contributed by atoms with van der Waals surface area (Å²) in [4.78, 5) is 26.1. The van der Waals surface area contributed by atoms with Crippen LogP contribution in [0, 0.1) is 11.8 Å². The highest BCUT2D eigenvalue weighted by atomic mass is 16.2. The zero-order valence-electron chi connectivity index (χ0n) is 12.4. The van der Waals surface area contributed by atoms with E-state index < -0.39 is 5.54 Å². The third-order valence-corrected chi connectivity index (χ3v) is 4.54. The second kappa shape index (κ2) is 5.51. The molecular weight excluding hydrogens is 240 g/mol. The SMILES string of the molecule is CC(C)CCCN1C(=O)NC(=O)C12CCCC(C)C2. The Balaban J connectivity index is 2.09. The summed E-state index contributed by atoms with van der Waals surface area (Å²) in [6.07, 6.45) is 5.95. The smallest absolute Gasteiger partial charge is 0.310 e. The van der Waals surface area contributed by atoms with E-state index in [9.17, 15) is 9.59 Å². The van der Waals surface area contributed by atoms with Crippen LogP contribution in [-0.2, 0) is 4.79 Å². The van der Waals surface area contributed by atoms with Gasteiger partial charge in [-0.1, -0.05) is 33.6 Å². The van der Waals surface area contributed by atoms with E-state index in [1.807, 2.05) is 4.90 Å². The summed E-state index contributed by atoms with van der Waals surface area (Å²) in [5.74, 6) is 1.11. The predicted octanol–water partition coefficient (Wildman–Crippen LogP) is 2.92. The topological polar surface area (TPSA) is 49.4 Å². The first-order valence-corrected chi connectivity index (χ1v) is 7.59. The maximum atomic E-state index is 12.2. The van der Waals surface area contributed by atoms with Gasteiger partial charge in [-0.05, 0) is 37.5 Å². The van der Waals surface area contributed by atoms with Crippen LogP contribution >= 0.6 is 0 Å². The lowest BCUT2D eigenvalue weighted by molar-refractivity contribution is -0.129. The van der Waals surface area contributed by atoms with Crippen LogP contribution in [0.15, 0.2) is 0 Å². The van der Waals surface area contributed by atoms with E-state index >= 15 is 0 Å². The molecule has 19 heavy (non-hydrogen) atoms. The standard InChI is InChI=1S/C15H26N2O2/c1-11(2)6-5-9-17-14(19)16-13(18)15(17)8-4-7-12(3)10-15/h11-12H,4-10H2,1-3H3,(H,16,18,19). The summed E-state index contributed by atoms with van der Waals surface area (Å²) in [7, 11) is 0. The fraction of sp³-hybridized carbons (Fsp3) is 0.867. The number of carbonyl (C=O) groups excluding carboxylic acids is 2. The second-order valence-corrected chi connectivity index (χ2v) is 6.68. The maximum absolute atomic E-state index is 12.2. The van der Waals surface area contributed by atoms with Gasteiger partial charge in [0, 0.05) is 6.54 Å². The first-order valence-electron chi connectivity index (χ1n) is 7.59. The molecule has 4 nitrogen and oxygen atoms in total. The molecule has 4 heteroatoms. The van der Waals surface area contributed by atoms with Gasteiger partial charge in [0.25, 0.3) is 5.91 Å². The minimum absolute atomic E-state index is 0.0615. The number of nitrogens with one attached hydrogen (secondary N) is 1. The van der Waals surface area contributed by atoms with Crippen molar-refractivity contribution < 1.29 is 9.59 Å². The van der Waals surface area contributed by atoms with E-state index in [-0.39, 0.29) is 11.9 Å². The highest BCUT2D eigenvalue weighted by Gasteiger charge is 2.53. The Labute approximate surface area is 115 Å². The molecular formula is C15H26N2O2. The molecule has 1 aliphatic heterocycles.